The summed E-state index contributed by atoms with van der Waals surface area (Å²) in [5, 5.41) is 0. The van der Waals surface area contributed by atoms with Crippen molar-refractivity contribution < 1.29 is 13.5 Å². The quantitative estimate of drug-likeness (QED) is 0.344. The number of benzene rings is 3. The van der Waals surface area contributed by atoms with Crippen LogP contribution in [0.3, 0.4) is 0 Å². The highest BCUT2D eigenvalue weighted by Crippen LogP contribution is 2.25. The maximum atomic E-state index is 14.5. The Morgan fingerprint density at radius 1 is 0.882 bits per heavy atom. The van der Waals surface area contributed by atoms with Crippen molar-refractivity contribution in [3.8, 4) is 17.0 Å². The number of imidazole rings is 1. The molecular formula is C27H21F2N3O2. The Labute approximate surface area is 194 Å². The van der Waals surface area contributed by atoms with Gasteiger partial charge in [-0.25, -0.2) is 18.2 Å². The van der Waals surface area contributed by atoms with Crippen LogP contribution in [0, 0.1) is 18.6 Å². The Balaban J connectivity index is 1.67. The Hall–Kier alpha value is -4.26. The van der Waals surface area contributed by atoms with Crippen LogP contribution >= 0.6 is 0 Å². The number of hydrogen-bond acceptors (Lipinski definition) is 3. The Kier molecular flexibility index (Phi) is 5.67. The first-order valence-electron chi connectivity index (χ1n) is 10.8. The number of aryl methyl sites for hydroxylation is 1. The molecule has 170 valence electrons. The molecule has 0 amide bonds. The normalized spacial score (nSPS) is 11.1. The summed E-state index contributed by atoms with van der Waals surface area (Å²) in [5.41, 5.74) is 2.44. The van der Waals surface area contributed by atoms with Gasteiger partial charge in [0.1, 0.15) is 18.2 Å². The lowest BCUT2D eigenvalue weighted by atomic mass is 10.1. The van der Waals surface area contributed by atoms with E-state index in [1.807, 2.05) is 60.7 Å². The second-order valence-corrected chi connectivity index (χ2v) is 7.95. The van der Waals surface area contributed by atoms with Crippen LogP contribution < -0.4 is 10.3 Å². The molecule has 0 saturated carbocycles. The zero-order valence-corrected chi connectivity index (χ0v) is 18.4. The molecule has 5 nitrogen and oxygen atoms in total. The lowest BCUT2D eigenvalue weighted by Crippen LogP contribution is -2.22. The number of hydrogen-bond donors (Lipinski definition) is 0. The van der Waals surface area contributed by atoms with Gasteiger partial charge in [-0.1, -0.05) is 66.7 Å². The highest BCUT2D eigenvalue weighted by atomic mass is 19.1. The Morgan fingerprint density at radius 2 is 1.53 bits per heavy atom. The molecule has 3 aromatic carbocycles. The number of nitrogens with zero attached hydrogens (tertiary/aromatic N) is 3. The van der Waals surface area contributed by atoms with E-state index in [1.54, 1.807) is 11.5 Å². The molecule has 34 heavy (non-hydrogen) atoms. The standard InChI is InChI=1S/C27H21F2N3O2/c1-18-25(20-11-6-3-7-12-20)30-27-31(15-21-22(28)13-8-14-23(21)29)16-24(26(33)32(18)27)34-17-19-9-4-2-5-10-19/h2-14,16H,15,17H2,1H3. The van der Waals surface area contributed by atoms with Gasteiger partial charge >= 0.3 is 5.56 Å². The van der Waals surface area contributed by atoms with Crippen molar-refractivity contribution in [2.75, 3.05) is 0 Å². The second kappa shape index (κ2) is 8.94. The summed E-state index contributed by atoms with van der Waals surface area (Å²) in [7, 11) is 0. The van der Waals surface area contributed by atoms with Crippen LogP contribution in [0.4, 0.5) is 8.78 Å². The molecule has 0 spiro atoms. The van der Waals surface area contributed by atoms with Crippen LogP contribution in [0.2, 0.25) is 0 Å². The molecule has 0 aliphatic rings. The van der Waals surface area contributed by atoms with E-state index in [1.165, 1.54) is 28.8 Å². The lowest BCUT2D eigenvalue weighted by molar-refractivity contribution is 0.298. The number of rotatable bonds is 6. The zero-order valence-electron chi connectivity index (χ0n) is 18.4. The molecule has 0 atom stereocenters. The van der Waals surface area contributed by atoms with Gasteiger partial charge in [0.2, 0.25) is 11.5 Å². The second-order valence-electron chi connectivity index (χ2n) is 7.95. The van der Waals surface area contributed by atoms with Gasteiger partial charge in [-0.3, -0.25) is 4.79 Å². The van der Waals surface area contributed by atoms with E-state index < -0.39 is 11.6 Å². The third kappa shape index (κ3) is 3.96. The fourth-order valence-corrected chi connectivity index (χ4v) is 3.96. The molecule has 0 saturated heterocycles. The molecule has 0 fully saturated rings. The van der Waals surface area contributed by atoms with Gasteiger partial charge in [-0.2, -0.15) is 0 Å². The van der Waals surface area contributed by atoms with Crippen molar-refractivity contribution in [2.24, 2.45) is 0 Å². The summed E-state index contributed by atoms with van der Waals surface area (Å²) < 4.78 is 37.8. The number of halogens is 2. The van der Waals surface area contributed by atoms with Crippen LogP contribution in [0.15, 0.2) is 89.9 Å². The molecular weight excluding hydrogens is 436 g/mol. The van der Waals surface area contributed by atoms with Crippen molar-refractivity contribution in [2.45, 2.75) is 20.1 Å². The maximum Gasteiger partial charge on any atom is 0.301 e. The van der Waals surface area contributed by atoms with Crippen LogP contribution in [-0.2, 0) is 13.2 Å². The van der Waals surface area contributed by atoms with Crippen molar-refractivity contribution in [1.29, 1.82) is 0 Å². The third-order valence-corrected chi connectivity index (χ3v) is 5.71. The largest absolute Gasteiger partial charge is 0.482 e. The SMILES string of the molecule is Cc1c(-c2ccccc2)nc2n(Cc3c(F)cccc3F)cc(OCc3ccccc3)c(=O)n12. The summed E-state index contributed by atoms with van der Waals surface area (Å²) in [6.07, 6.45) is 1.47. The van der Waals surface area contributed by atoms with E-state index in [-0.39, 0.29) is 35.8 Å². The molecule has 0 N–H and O–H groups in total. The van der Waals surface area contributed by atoms with E-state index in [2.05, 4.69) is 4.98 Å². The smallest absolute Gasteiger partial charge is 0.301 e. The van der Waals surface area contributed by atoms with Gasteiger partial charge in [0.05, 0.1) is 24.1 Å². The van der Waals surface area contributed by atoms with Gasteiger partial charge in [0.15, 0.2) is 0 Å². The summed E-state index contributed by atoms with van der Waals surface area (Å²) in [5.74, 6) is -1.00. The van der Waals surface area contributed by atoms with E-state index >= 15 is 0 Å². The molecule has 2 aromatic heterocycles. The monoisotopic (exact) mass is 457 g/mol. The Bertz CT molecular complexity index is 1510. The molecule has 0 aliphatic carbocycles. The van der Waals surface area contributed by atoms with E-state index in [9.17, 15) is 13.6 Å². The minimum absolute atomic E-state index is 0.0632. The number of fused-ring (bicyclic) bond motifs is 1. The van der Waals surface area contributed by atoms with Crippen molar-refractivity contribution >= 4 is 5.78 Å². The average molecular weight is 457 g/mol. The van der Waals surface area contributed by atoms with Crippen LogP contribution in [0.5, 0.6) is 5.75 Å². The van der Waals surface area contributed by atoms with E-state index in [0.29, 0.717) is 11.4 Å². The first kappa shape index (κ1) is 21.6. The van der Waals surface area contributed by atoms with Gasteiger partial charge < -0.3 is 9.30 Å². The van der Waals surface area contributed by atoms with Crippen molar-refractivity contribution in [1.82, 2.24) is 14.0 Å². The summed E-state index contributed by atoms with van der Waals surface area (Å²) in [6, 6.07) is 22.6. The van der Waals surface area contributed by atoms with Gasteiger partial charge in [-0.05, 0) is 24.6 Å². The first-order valence-corrected chi connectivity index (χ1v) is 10.8. The van der Waals surface area contributed by atoms with Crippen LogP contribution in [0.25, 0.3) is 17.0 Å². The van der Waals surface area contributed by atoms with E-state index in [4.69, 9.17) is 4.74 Å². The highest BCUT2D eigenvalue weighted by molar-refractivity contribution is 5.65. The predicted octanol–water partition coefficient (Wildman–Crippen LogP) is 5.38. The minimum atomic E-state index is -0.671. The summed E-state index contributed by atoms with van der Waals surface area (Å²) in [4.78, 5) is 18.1. The van der Waals surface area contributed by atoms with Crippen LogP contribution in [0.1, 0.15) is 16.8 Å². The molecule has 7 heteroatoms. The molecule has 0 radical (unpaired) electrons. The zero-order chi connectivity index (χ0) is 23.7. The molecule has 0 unspecified atom stereocenters. The molecule has 2 heterocycles. The first-order chi connectivity index (χ1) is 16.5. The minimum Gasteiger partial charge on any atom is -0.482 e. The van der Waals surface area contributed by atoms with Gasteiger partial charge in [0, 0.05) is 11.1 Å². The van der Waals surface area contributed by atoms with Crippen molar-refractivity contribution in [3.63, 3.8) is 0 Å². The van der Waals surface area contributed by atoms with E-state index in [0.717, 1.165) is 11.1 Å². The molecule has 0 aliphatic heterocycles. The Morgan fingerprint density at radius 3 is 2.21 bits per heavy atom. The van der Waals surface area contributed by atoms with Gasteiger partial charge in [0.25, 0.3) is 0 Å². The fourth-order valence-electron chi connectivity index (χ4n) is 3.96. The van der Waals surface area contributed by atoms with Crippen LogP contribution in [-0.4, -0.2) is 14.0 Å². The average Bonchev–Trinajstić information content (AvgIpc) is 3.21. The number of aromatic nitrogens is 3. The fraction of sp³-hybridized carbons (Fsp3) is 0.111. The molecule has 5 rings (SSSR count). The third-order valence-electron chi connectivity index (χ3n) is 5.71. The highest BCUT2D eigenvalue weighted by Gasteiger charge is 2.20. The molecule has 0 bridgehead atoms. The lowest BCUT2D eigenvalue weighted by Gasteiger charge is -2.13. The summed E-state index contributed by atoms with van der Waals surface area (Å²) >= 11 is 0. The van der Waals surface area contributed by atoms with Gasteiger partial charge in [-0.15, -0.1) is 0 Å². The van der Waals surface area contributed by atoms with Crippen molar-refractivity contribution in [3.05, 3.63) is 124 Å². The number of ether oxygens (including phenoxy) is 1. The summed E-state index contributed by atoms with van der Waals surface area (Å²) in [6.45, 7) is 1.81. The maximum absolute atomic E-state index is 14.5. The predicted molar refractivity (Wildman–Crippen MR) is 126 cm³/mol. The molecule has 5 aromatic rings. The topological polar surface area (TPSA) is 48.5 Å².